The Kier molecular flexibility index (Phi) is 8.06. The molecule has 0 atom stereocenters. The van der Waals surface area contributed by atoms with E-state index in [0.717, 1.165) is 47.2 Å². The molecule has 0 radical (unpaired) electrons. The lowest BCUT2D eigenvalue weighted by Crippen LogP contribution is -2.49. The Bertz CT molecular complexity index is 1120. The Morgan fingerprint density at radius 1 is 1.12 bits per heavy atom. The van der Waals surface area contributed by atoms with E-state index < -0.39 is 0 Å². The average Bonchev–Trinajstić information content (AvgIpc) is 2.85. The van der Waals surface area contributed by atoms with Crippen LogP contribution in [0.2, 0.25) is 5.02 Å². The summed E-state index contributed by atoms with van der Waals surface area (Å²) >= 11 is 6.20. The topological polar surface area (TPSA) is 57.7 Å². The van der Waals surface area contributed by atoms with Crippen molar-refractivity contribution in [2.24, 2.45) is 0 Å². The molecular weight excluding hydrogens is 455 g/mol. The number of piperazine rings is 1. The highest BCUT2D eigenvalue weighted by atomic mass is 35.5. The summed E-state index contributed by atoms with van der Waals surface area (Å²) in [7, 11) is 0. The number of carbonyl (C=O) groups is 1. The number of carbonyl (C=O) groups excluding carboxylic acids is 1. The fourth-order valence-corrected chi connectivity index (χ4v) is 4.17. The van der Waals surface area contributed by atoms with Crippen LogP contribution in [0.15, 0.2) is 48.5 Å². The van der Waals surface area contributed by atoms with Crippen molar-refractivity contribution in [2.75, 3.05) is 49.5 Å². The summed E-state index contributed by atoms with van der Waals surface area (Å²) in [6.07, 6.45) is 2.38. The van der Waals surface area contributed by atoms with E-state index >= 15 is 0 Å². The van der Waals surface area contributed by atoms with Crippen molar-refractivity contribution in [3.05, 3.63) is 64.9 Å². The molecule has 0 aliphatic carbocycles. The molecule has 2 heterocycles. The molecule has 1 N–H and O–H groups in total. The Balaban J connectivity index is 1.47. The number of amides is 1. The van der Waals surface area contributed by atoms with E-state index in [4.69, 9.17) is 21.3 Å². The zero-order valence-corrected chi connectivity index (χ0v) is 20.2. The lowest BCUT2D eigenvalue weighted by Gasteiger charge is -2.36. The van der Waals surface area contributed by atoms with Crippen molar-refractivity contribution < 1.29 is 13.9 Å². The monoisotopic (exact) mass is 484 g/mol. The van der Waals surface area contributed by atoms with Crippen molar-refractivity contribution in [3.63, 3.8) is 0 Å². The maximum Gasteiger partial charge on any atom is 0.409 e. The molecule has 4 rings (SSSR count). The first-order chi connectivity index (χ1) is 16.5. The maximum absolute atomic E-state index is 13.2. The maximum atomic E-state index is 13.2. The van der Waals surface area contributed by atoms with Crippen LogP contribution in [-0.4, -0.2) is 55.3 Å². The molecule has 1 aliphatic heterocycles. The lowest BCUT2D eigenvalue weighted by molar-refractivity contribution is 0.0989. The summed E-state index contributed by atoms with van der Waals surface area (Å²) in [6, 6.07) is 14.4. The minimum Gasteiger partial charge on any atom is -0.449 e. The van der Waals surface area contributed by atoms with Gasteiger partial charge < -0.3 is 19.9 Å². The van der Waals surface area contributed by atoms with Gasteiger partial charge in [0.05, 0.1) is 17.8 Å². The van der Waals surface area contributed by atoms with Crippen molar-refractivity contribution in [1.82, 2.24) is 9.88 Å². The molecule has 34 heavy (non-hydrogen) atoms. The van der Waals surface area contributed by atoms with Gasteiger partial charge in [-0.1, -0.05) is 43.1 Å². The zero-order chi connectivity index (χ0) is 23.9. The molecule has 1 saturated heterocycles. The van der Waals surface area contributed by atoms with Gasteiger partial charge in [-0.25, -0.2) is 14.2 Å². The van der Waals surface area contributed by atoms with Crippen LogP contribution in [0.1, 0.15) is 25.3 Å². The average molecular weight is 485 g/mol. The van der Waals surface area contributed by atoms with Gasteiger partial charge in [0.2, 0.25) is 0 Å². The third-order valence-corrected chi connectivity index (χ3v) is 6.22. The standard InChI is InChI=1S/C26H30ClFN4O2/c1-2-3-16-34-26(33)32-14-12-31(13-15-32)24-17-20-6-7-21(27)18-23(20)30-25(24)29-11-10-19-4-8-22(28)9-5-19/h4-9,17-18H,2-3,10-16H2,1H3,(H,29,30). The lowest BCUT2D eigenvalue weighted by atomic mass is 10.1. The molecule has 1 fully saturated rings. The minimum absolute atomic E-state index is 0.236. The van der Waals surface area contributed by atoms with Crippen LogP contribution in [0.4, 0.5) is 20.7 Å². The highest BCUT2D eigenvalue weighted by Crippen LogP contribution is 2.31. The van der Waals surface area contributed by atoms with Crippen molar-refractivity contribution in [1.29, 1.82) is 0 Å². The molecule has 1 aliphatic rings. The normalized spacial score (nSPS) is 13.9. The summed E-state index contributed by atoms with van der Waals surface area (Å²) in [4.78, 5) is 21.2. The Morgan fingerprint density at radius 2 is 1.88 bits per heavy atom. The van der Waals surface area contributed by atoms with Crippen LogP contribution in [0.25, 0.3) is 10.9 Å². The molecule has 180 valence electrons. The second-order valence-corrected chi connectivity index (χ2v) is 8.87. The Morgan fingerprint density at radius 3 is 2.62 bits per heavy atom. The smallest absolute Gasteiger partial charge is 0.409 e. The number of aromatic nitrogens is 1. The van der Waals surface area contributed by atoms with E-state index in [-0.39, 0.29) is 11.9 Å². The van der Waals surface area contributed by atoms with Gasteiger partial charge in [-0.3, -0.25) is 0 Å². The highest BCUT2D eigenvalue weighted by Gasteiger charge is 2.24. The molecule has 1 aromatic heterocycles. The molecular formula is C26H30ClFN4O2. The minimum atomic E-state index is -0.239. The number of anilines is 2. The quantitative estimate of drug-likeness (QED) is 0.413. The van der Waals surface area contributed by atoms with Gasteiger partial charge in [0.15, 0.2) is 0 Å². The van der Waals surface area contributed by atoms with Crippen molar-refractivity contribution in [2.45, 2.75) is 26.2 Å². The third-order valence-electron chi connectivity index (χ3n) is 5.98. The van der Waals surface area contributed by atoms with E-state index in [9.17, 15) is 9.18 Å². The first-order valence-electron chi connectivity index (χ1n) is 11.8. The summed E-state index contributed by atoms with van der Waals surface area (Å²) in [6.45, 7) is 5.77. The van der Waals surface area contributed by atoms with E-state index in [2.05, 4.69) is 23.2 Å². The van der Waals surface area contributed by atoms with Gasteiger partial charge in [-0.05, 0) is 48.7 Å². The molecule has 2 aromatic carbocycles. The van der Waals surface area contributed by atoms with E-state index in [1.54, 1.807) is 17.0 Å². The van der Waals surface area contributed by atoms with Crippen LogP contribution in [0.5, 0.6) is 0 Å². The number of hydrogen-bond acceptors (Lipinski definition) is 5. The largest absolute Gasteiger partial charge is 0.449 e. The van der Waals surface area contributed by atoms with Crippen LogP contribution in [0.3, 0.4) is 0 Å². The summed E-state index contributed by atoms with van der Waals surface area (Å²) in [5.41, 5.74) is 2.86. The van der Waals surface area contributed by atoms with Gasteiger partial charge in [0.25, 0.3) is 0 Å². The SMILES string of the molecule is CCCCOC(=O)N1CCN(c2cc3ccc(Cl)cc3nc2NCCc2ccc(F)cc2)CC1. The molecule has 1 amide bonds. The Labute approximate surface area is 204 Å². The number of nitrogens with one attached hydrogen (secondary N) is 1. The Hall–Kier alpha value is -3.06. The number of benzene rings is 2. The number of unbranched alkanes of at least 4 members (excludes halogenated alkanes) is 1. The number of fused-ring (bicyclic) bond motifs is 1. The predicted octanol–water partition coefficient (Wildman–Crippen LogP) is 5.74. The molecule has 8 heteroatoms. The van der Waals surface area contributed by atoms with Gasteiger partial charge in [-0.15, -0.1) is 0 Å². The van der Waals surface area contributed by atoms with Crippen LogP contribution >= 0.6 is 11.6 Å². The third kappa shape index (κ3) is 6.08. The molecule has 6 nitrogen and oxygen atoms in total. The molecule has 3 aromatic rings. The van der Waals surface area contributed by atoms with Gasteiger partial charge >= 0.3 is 6.09 Å². The second-order valence-electron chi connectivity index (χ2n) is 8.44. The molecule has 0 bridgehead atoms. The van der Waals surface area contributed by atoms with Gasteiger partial charge in [0, 0.05) is 43.1 Å². The zero-order valence-electron chi connectivity index (χ0n) is 19.4. The summed E-state index contributed by atoms with van der Waals surface area (Å²) in [5, 5.41) is 5.10. The van der Waals surface area contributed by atoms with E-state index in [1.165, 1.54) is 12.1 Å². The molecule has 0 saturated carbocycles. The van der Waals surface area contributed by atoms with E-state index in [0.29, 0.717) is 44.4 Å². The number of rotatable bonds is 8. The first kappa shape index (κ1) is 24.1. The number of pyridine rings is 1. The van der Waals surface area contributed by atoms with Crippen molar-refractivity contribution in [3.8, 4) is 0 Å². The molecule has 0 unspecified atom stereocenters. The number of halogens is 2. The van der Waals surface area contributed by atoms with Gasteiger partial charge in [0.1, 0.15) is 11.6 Å². The highest BCUT2D eigenvalue weighted by molar-refractivity contribution is 6.31. The molecule has 0 spiro atoms. The summed E-state index contributed by atoms with van der Waals surface area (Å²) < 4.78 is 18.6. The number of ether oxygens (including phenoxy) is 1. The fourth-order valence-electron chi connectivity index (χ4n) is 4.00. The summed E-state index contributed by atoms with van der Waals surface area (Å²) in [5.74, 6) is 0.538. The first-order valence-corrected chi connectivity index (χ1v) is 12.2. The van der Waals surface area contributed by atoms with Crippen molar-refractivity contribution >= 4 is 40.1 Å². The van der Waals surface area contributed by atoms with Crippen LogP contribution in [0, 0.1) is 5.82 Å². The van der Waals surface area contributed by atoms with Crippen LogP contribution in [-0.2, 0) is 11.2 Å². The fraction of sp³-hybridized carbons (Fsp3) is 0.385. The van der Waals surface area contributed by atoms with E-state index in [1.807, 2.05) is 18.2 Å². The van der Waals surface area contributed by atoms with Gasteiger partial charge in [-0.2, -0.15) is 0 Å². The van der Waals surface area contributed by atoms with Crippen LogP contribution < -0.4 is 10.2 Å². The second kappa shape index (κ2) is 11.4. The number of nitrogens with zero attached hydrogens (tertiary/aromatic N) is 3. The predicted molar refractivity (Wildman–Crippen MR) is 135 cm³/mol. The number of hydrogen-bond donors (Lipinski definition) is 1.